The fourth-order valence-corrected chi connectivity index (χ4v) is 7.93. The molecule has 11 nitrogen and oxygen atoms in total. The molecule has 2 saturated heterocycles. The van der Waals surface area contributed by atoms with Crippen LogP contribution in [0.25, 0.3) is 0 Å². The Morgan fingerprint density at radius 2 is 1.70 bits per heavy atom. The van der Waals surface area contributed by atoms with E-state index in [9.17, 15) is 9.59 Å². The standard InChI is InChI=1S/C33H49F2N9O2/c1-22-21-43(17-16-41(22)2)32(46)23-10-14-42(15-11-23)28-24(34)18-37-19-25(28)39-31(45)27-29(36)40-44-30(27)38-20-26(35)33(44)12-8-6-4-3-5-7-9-13-33/h18-19,22-23,26,38H,3-17,20-21H2,1-2H3,(H2,36,40)(H,39,45)/t22-,26?/m0/s1. The highest BCUT2D eigenvalue weighted by Gasteiger charge is 2.47. The van der Waals surface area contributed by atoms with Gasteiger partial charge in [-0.2, -0.15) is 5.10 Å². The first-order chi connectivity index (χ1) is 22.2. The van der Waals surface area contributed by atoms with Crippen LogP contribution in [0.1, 0.15) is 87.9 Å². The Balaban J connectivity index is 1.19. The first-order valence-corrected chi connectivity index (χ1v) is 17.2. The van der Waals surface area contributed by atoms with Gasteiger partial charge in [0.2, 0.25) is 5.91 Å². The van der Waals surface area contributed by atoms with Gasteiger partial charge in [0.05, 0.1) is 23.6 Å². The van der Waals surface area contributed by atoms with Crippen molar-refractivity contribution in [3.8, 4) is 0 Å². The molecule has 2 atom stereocenters. The van der Waals surface area contributed by atoms with E-state index in [0.29, 0.717) is 57.2 Å². The summed E-state index contributed by atoms with van der Waals surface area (Å²) in [5.74, 6) is -0.645. The van der Waals surface area contributed by atoms with Gasteiger partial charge in [-0.05, 0) is 39.7 Å². The topological polar surface area (TPSA) is 125 Å². The lowest BCUT2D eigenvalue weighted by molar-refractivity contribution is -0.138. The molecule has 13 heteroatoms. The number of amides is 2. The van der Waals surface area contributed by atoms with E-state index >= 15 is 8.78 Å². The summed E-state index contributed by atoms with van der Waals surface area (Å²) in [5, 5.41) is 10.5. The molecule has 1 aliphatic carbocycles. The molecule has 0 radical (unpaired) electrons. The van der Waals surface area contributed by atoms with Gasteiger partial charge >= 0.3 is 0 Å². The van der Waals surface area contributed by atoms with Crippen molar-refractivity contribution >= 4 is 34.8 Å². The summed E-state index contributed by atoms with van der Waals surface area (Å²) in [7, 11) is 2.08. The van der Waals surface area contributed by atoms with Gasteiger partial charge in [0.25, 0.3) is 5.91 Å². The number of hydrogen-bond acceptors (Lipinski definition) is 8. The maximum atomic E-state index is 15.8. The van der Waals surface area contributed by atoms with Gasteiger partial charge in [-0.1, -0.05) is 44.9 Å². The number of halogens is 2. The van der Waals surface area contributed by atoms with Crippen LogP contribution < -0.4 is 21.3 Å². The SMILES string of the molecule is C[C@H]1CN(C(=O)C2CCN(c3c(F)cncc3NC(=O)c3c(N)nn4c3NCC(F)C43CCCCCCCCC3)CC2)CCN1C. The molecule has 0 bridgehead atoms. The number of rotatable bonds is 4. The Hall–Kier alpha value is -3.48. The molecule has 4 N–H and O–H groups in total. The highest BCUT2D eigenvalue weighted by molar-refractivity contribution is 6.12. The zero-order chi connectivity index (χ0) is 32.4. The zero-order valence-electron chi connectivity index (χ0n) is 27.2. The third kappa shape index (κ3) is 6.26. The number of alkyl halides is 1. The largest absolute Gasteiger partial charge is 0.381 e. The number of aromatic nitrogens is 3. The van der Waals surface area contributed by atoms with Gasteiger partial charge in [0, 0.05) is 51.2 Å². The van der Waals surface area contributed by atoms with Gasteiger partial charge in [-0.25, -0.2) is 13.5 Å². The Morgan fingerprint density at radius 1 is 1.02 bits per heavy atom. The highest BCUT2D eigenvalue weighted by Crippen LogP contribution is 2.44. The first-order valence-electron chi connectivity index (χ1n) is 17.2. The fraction of sp³-hybridized carbons (Fsp3) is 0.697. The molecule has 2 aromatic heterocycles. The lowest BCUT2D eigenvalue weighted by Crippen LogP contribution is -2.54. The van der Waals surface area contributed by atoms with Gasteiger partial charge in [-0.15, -0.1) is 0 Å². The van der Waals surface area contributed by atoms with E-state index in [2.05, 4.69) is 39.6 Å². The number of nitrogens with zero attached hydrogens (tertiary/aromatic N) is 6. The second-order valence-corrected chi connectivity index (χ2v) is 13.8. The minimum absolute atomic E-state index is 0.00836. The van der Waals surface area contributed by atoms with Crippen LogP contribution in [0.3, 0.4) is 0 Å². The normalized spacial score (nSPS) is 24.7. The van der Waals surface area contributed by atoms with Crippen molar-refractivity contribution in [3.63, 3.8) is 0 Å². The van der Waals surface area contributed by atoms with Gasteiger partial charge in [-0.3, -0.25) is 14.6 Å². The van der Waals surface area contributed by atoms with Crippen LogP contribution in [0.15, 0.2) is 12.4 Å². The average Bonchev–Trinajstić information content (AvgIpc) is 3.40. The first kappa shape index (κ1) is 32.5. The van der Waals surface area contributed by atoms with Crippen molar-refractivity contribution in [2.24, 2.45) is 5.92 Å². The fourth-order valence-electron chi connectivity index (χ4n) is 7.93. The third-order valence-corrected chi connectivity index (χ3v) is 10.9. The van der Waals surface area contributed by atoms with E-state index in [0.717, 1.165) is 57.8 Å². The molecule has 1 spiro atoms. The number of carbonyl (C=O) groups excluding carboxylic acids is 2. The van der Waals surface area contributed by atoms with Crippen LogP contribution in [-0.2, 0) is 10.3 Å². The summed E-state index contributed by atoms with van der Waals surface area (Å²) in [6.45, 7) is 5.43. The van der Waals surface area contributed by atoms with Crippen molar-refractivity contribution in [2.75, 3.05) is 67.6 Å². The lowest BCUT2D eigenvalue weighted by Gasteiger charge is -2.42. The molecule has 4 aliphatic rings. The summed E-state index contributed by atoms with van der Waals surface area (Å²) in [4.78, 5) is 37.3. The van der Waals surface area contributed by atoms with E-state index in [1.165, 1.54) is 12.6 Å². The summed E-state index contributed by atoms with van der Waals surface area (Å²) >= 11 is 0. The Bertz CT molecular complexity index is 1400. The van der Waals surface area contributed by atoms with Gasteiger partial charge in [0.15, 0.2) is 11.6 Å². The summed E-state index contributed by atoms with van der Waals surface area (Å²) in [5.41, 5.74) is 6.10. The lowest BCUT2D eigenvalue weighted by atomic mass is 9.80. The number of nitrogens with two attached hydrogens (primary N) is 1. The van der Waals surface area contributed by atoms with E-state index in [4.69, 9.17) is 5.73 Å². The summed E-state index contributed by atoms with van der Waals surface area (Å²) < 4.78 is 32.8. The molecule has 3 fully saturated rings. The minimum Gasteiger partial charge on any atom is -0.381 e. The van der Waals surface area contributed by atoms with E-state index < -0.39 is 23.4 Å². The second kappa shape index (κ2) is 13.7. The molecular weight excluding hydrogens is 592 g/mol. The molecule has 6 rings (SSSR count). The maximum absolute atomic E-state index is 15.8. The van der Waals surface area contributed by atoms with Crippen LogP contribution in [0.4, 0.5) is 31.8 Å². The van der Waals surface area contributed by atoms with Crippen LogP contribution in [0, 0.1) is 11.7 Å². The minimum atomic E-state index is -1.16. The predicted octanol–water partition coefficient (Wildman–Crippen LogP) is 4.61. The number of carbonyl (C=O) groups is 2. The molecule has 5 heterocycles. The van der Waals surface area contributed by atoms with Gasteiger partial charge in [0.1, 0.15) is 23.2 Å². The van der Waals surface area contributed by atoms with Crippen molar-refractivity contribution in [3.05, 3.63) is 23.8 Å². The Labute approximate surface area is 270 Å². The van der Waals surface area contributed by atoms with Crippen molar-refractivity contribution in [2.45, 2.75) is 95.3 Å². The number of nitrogen functional groups attached to an aromatic ring is 1. The van der Waals surface area contributed by atoms with Crippen LogP contribution >= 0.6 is 0 Å². The Morgan fingerprint density at radius 3 is 2.37 bits per heavy atom. The molecule has 1 unspecified atom stereocenters. The van der Waals surface area contributed by atoms with Crippen molar-refractivity contribution in [1.29, 1.82) is 0 Å². The number of anilines is 4. The zero-order valence-corrected chi connectivity index (χ0v) is 27.2. The number of fused-ring (bicyclic) bond motifs is 2. The molecule has 252 valence electrons. The van der Waals surface area contributed by atoms with E-state index in [1.807, 2.05) is 9.80 Å². The number of likely N-dealkylation sites (N-methyl/N-ethyl adjacent to an activating group) is 1. The van der Waals surface area contributed by atoms with Crippen LogP contribution in [0.2, 0.25) is 0 Å². The van der Waals surface area contributed by atoms with E-state index in [-0.39, 0.29) is 41.1 Å². The number of piperidine rings is 1. The molecule has 2 amide bonds. The highest BCUT2D eigenvalue weighted by atomic mass is 19.1. The predicted molar refractivity (Wildman–Crippen MR) is 175 cm³/mol. The van der Waals surface area contributed by atoms with Gasteiger partial charge < -0.3 is 31.1 Å². The second-order valence-electron chi connectivity index (χ2n) is 13.8. The van der Waals surface area contributed by atoms with Crippen molar-refractivity contribution < 1.29 is 18.4 Å². The van der Waals surface area contributed by atoms with Crippen LogP contribution in [0.5, 0.6) is 0 Å². The number of hydrogen-bond donors (Lipinski definition) is 3. The summed E-state index contributed by atoms with van der Waals surface area (Å²) in [6, 6.07) is 0.315. The number of nitrogens with one attached hydrogen (secondary N) is 2. The Kier molecular flexibility index (Phi) is 9.67. The molecule has 3 aliphatic heterocycles. The quantitative estimate of drug-likeness (QED) is 0.442. The smallest absolute Gasteiger partial charge is 0.263 e. The monoisotopic (exact) mass is 641 g/mol. The molecule has 1 saturated carbocycles. The summed E-state index contributed by atoms with van der Waals surface area (Å²) in [6.07, 6.45) is 11.2. The number of piperazine rings is 1. The van der Waals surface area contributed by atoms with Crippen LogP contribution in [-0.4, -0.2) is 94.9 Å². The third-order valence-electron chi connectivity index (χ3n) is 10.9. The van der Waals surface area contributed by atoms with Crippen molar-refractivity contribution in [1.82, 2.24) is 24.6 Å². The molecular formula is C33H49F2N9O2. The average molecular weight is 642 g/mol. The number of pyridine rings is 1. The molecule has 0 aromatic carbocycles. The molecule has 2 aromatic rings. The van der Waals surface area contributed by atoms with E-state index in [1.54, 1.807) is 4.68 Å². The molecule has 46 heavy (non-hydrogen) atoms. The maximum Gasteiger partial charge on any atom is 0.263 e.